The third-order valence-corrected chi connectivity index (χ3v) is 5.15. The summed E-state index contributed by atoms with van der Waals surface area (Å²) in [7, 11) is 0. The SMILES string of the molecule is Cc1cccc2nc(C(=O)N3CCN(Cc4ccc(Cl)cc4)CC3)cn12. The van der Waals surface area contributed by atoms with E-state index >= 15 is 0 Å². The summed E-state index contributed by atoms with van der Waals surface area (Å²) in [6, 6.07) is 13.8. The molecule has 0 unspecified atom stereocenters. The molecule has 0 saturated carbocycles. The fourth-order valence-electron chi connectivity index (χ4n) is 3.37. The number of piperazine rings is 1. The van der Waals surface area contributed by atoms with Gasteiger partial charge in [0.05, 0.1) is 0 Å². The summed E-state index contributed by atoms with van der Waals surface area (Å²) < 4.78 is 1.96. The fraction of sp³-hybridized carbons (Fsp3) is 0.300. The van der Waals surface area contributed by atoms with Crippen LogP contribution >= 0.6 is 11.6 Å². The van der Waals surface area contributed by atoms with Gasteiger partial charge in [0, 0.05) is 49.6 Å². The van der Waals surface area contributed by atoms with Crippen LogP contribution in [0.3, 0.4) is 0 Å². The summed E-state index contributed by atoms with van der Waals surface area (Å²) in [5.74, 6) is 0.0132. The van der Waals surface area contributed by atoms with Crippen molar-refractivity contribution in [2.24, 2.45) is 0 Å². The maximum absolute atomic E-state index is 12.8. The molecule has 1 amide bonds. The van der Waals surface area contributed by atoms with E-state index in [9.17, 15) is 4.79 Å². The molecule has 4 rings (SSSR count). The molecule has 2 aromatic heterocycles. The Morgan fingerprint density at radius 1 is 1.08 bits per heavy atom. The number of hydrogen-bond donors (Lipinski definition) is 0. The number of rotatable bonds is 3. The van der Waals surface area contributed by atoms with Gasteiger partial charge in [-0.3, -0.25) is 9.69 Å². The molecule has 0 aliphatic carbocycles. The first-order valence-electron chi connectivity index (χ1n) is 8.81. The Morgan fingerprint density at radius 2 is 1.81 bits per heavy atom. The molecule has 134 valence electrons. The number of aryl methyl sites for hydroxylation is 1. The molecule has 1 aromatic carbocycles. The lowest BCUT2D eigenvalue weighted by atomic mass is 10.2. The van der Waals surface area contributed by atoms with Gasteiger partial charge < -0.3 is 9.30 Å². The molecule has 1 saturated heterocycles. The number of hydrogen-bond acceptors (Lipinski definition) is 3. The Labute approximate surface area is 157 Å². The van der Waals surface area contributed by atoms with Crippen LogP contribution in [0.15, 0.2) is 48.7 Å². The molecule has 0 bridgehead atoms. The van der Waals surface area contributed by atoms with Crippen molar-refractivity contribution in [2.45, 2.75) is 13.5 Å². The summed E-state index contributed by atoms with van der Waals surface area (Å²) in [6.45, 7) is 6.06. The van der Waals surface area contributed by atoms with E-state index in [1.54, 1.807) is 0 Å². The van der Waals surface area contributed by atoms with Crippen LogP contribution in [0.25, 0.3) is 5.65 Å². The van der Waals surface area contributed by atoms with Crippen molar-refractivity contribution in [3.05, 3.63) is 70.6 Å². The second-order valence-corrected chi connectivity index (χ2v) is 7.15. The molecular weight excluding hydrogens is 348 g/mol. The number of fused-ring (bicyclic) bond motifs is 1. The standard InChI is InChI=1S/C20H21ClN4O/c1-15-3-2-4-19-22-18(14-25(15)19)20(26)24-11-9-23(10-12-24)13-16-5-7-17(21)8-6-16/h2-8,14H,9-13H2,1H3. The minimum Gasteiger partial charge on any atom is -0.335 e. The summed E-state index contributed by atoms with van der Waals surface area (Å²) in [5, 5.41) is 0.756. The van der Waals surface area contributed by atoms with Crippen LogP contribution in [-0.4, -0.2) is 51.3 Å². The average Bonchev–Trinajstić information content (AvgIpc) is 3.09. The zero-order valence-electron chi connectivity index (χ0n) is 14.7. The largest absolute Gasteiger partial charge is 0.335 e. The Bertz CT molecular complexity index is 927. The van der Waals surface area contributed by atoms with Gasteiger partial charge in [0.2, 0.25) is 0 Å². The number of pyridine rings is 1. The van der Waals surface area contributed by atoms with E-state index in [1.807, 2.05) is 52.8 Å². The van der Waals surface area contributed by atoms with Crippen LogP contribution in [-0.2, 0) is 6.54 Å². The Morgan fingerprint density at radius 3 is 2.50 bits per heavy atom. The normalized spacial score (nSPS) is 15.5. The maximum Gasteiger partial charge on any atom is 0.274 e. The predicted octanol–water partition coefficient (Wildman–Crippen LogP) is 3.25. The lowest BCUT2D eigenvalue weighted by Gasteiger charge is -2.34. The number of imidazole rings is 1. The van der Waals surface area contributed by atoms with Crippen molar-refractivity contribution in [3.63, 3.8) is 0 Å². The zero-order valence-corrected chi connectivity index (χ0v) is 15.5. The number of carbonyl (C=O) groups excluding carboxylic acids is 1. The molecule has 0 atom stereocenters. The topological polar surface area (TPSA) is 40.9 Å². The molecule has 0 spiro atoms. The second kappa shape index (κ2) is 7.09. The van der Waals surface area contributed by atoms with Crippen molar-refractivity contribution in [1.82, 2.24) is 19.2 Å². The van der Waals surface area contributed by atoms with Crippen molar-refractivity contribution >= 4 is 23.2 Å². The highest BCUT2D eigenvalue weighted by molar-refractivity contribution is 6.30. The lowest BCUT2D eigenvalue weighted by Crippen LogP contribution is -2.48. The monoisotopic (exact) mass is 368 g/mol. The number of nitrogens with zero attached hydrogens (tertiary/aromatic N) is 4. The van der Waals surface area contributed by atoms with E-state index in [0.29, 0.717) is 5.69 Å². The quantitative estimate of drug-likeness (QED) is 0.712. The van der Waals surface area contributed by atoms with Crippen LogP contribution in [0.5, 0.6) is 0 Å². The van der Waals surface area contributed by atoms with Gasteiger partial charge in [-0.05, 0) is 36.8 Å². The van der Waals surface area contributed by atoms with Gasteiger partial charge in [0.25, 0.3) is 5.91 Å². The van der Waals surface area contributed by atoms with E-state index in [1.165, 1.54) is 5.56 Å². The highest BCUT2D eigenvalue weighted by atomic mass is 35.5. The smallest absolute Gasteiger partial charge is 0.274 e. The third-order valence-electron chi connectivity index (χ3n) is 4.89. The summed E-state index contributed by atoms with van der Waals surface area (Å²) in [6.07, 6.45) is 1.84. The van der Waals surface area contributed by atoms with Gasteiger partial charge in [-0.15, -0.1) is 0 Å². The number of amides is 1. The molecule has 6 heteroatoms. The van der Waals surface area contributed by atoms with Crippen LogP contribution in [0.2, 0.25) is 5.02 Å². The molecule has 1 fully saturated rings. The van der Waals surface area contributed by atoms with E-state index in [4.69, 9.17) is 11.6 Å². The van der Waals surface area contributed by atoms with Crippen molar-refractivity contribution < 1.29 is 4.79 Å². The molecule has 3 heterocycles. The van der Waals surface area contributed by atoms with Gasteiger partial charge >= 0.3 is 0 Å². The first kappa shape index (κ1) is 17.1. The minimum atomic E-state index is 0.0132. The van der Waals surface area contributed by atoms with Crippen molar-refractivity contribution in [2.75, 3.05) is 26.2 Å². The molecule has 5 nitrogen and oxygen atoms in total. The Hall–Kier alpha value is -2.37. The molecule has 3 aromatic rings. The second-order valence-electron chi connectivity index (χ2n) is 6.72. The Balaban J connectivity index is 1.39. The maximum atomic E-state index is 12.8. The minimum absolute atomic E-state index is 0.0132. The van der Waals surface area contributed by atoms with E-state index in [-0.39, 0.29) is 5.91 Å². The van der Waals surface area contributed by atoms with Gasteiger partial charge in [0.15, 0.2) is 0 Å². The summed E-state index contributed by atoms with van der Waals surface area (Å²) in [4.78, 5) is 21.5. The van der Waals surface area contributed by atoms with Crippen LogP contribution in [0.1, 0.15) is 21.7 Å². The summed E-state index contributed by atoms with van der Waals surface area (Å²) >= 11 is 5.94. The molecular formula is C20H21ClN4O. The average molecular weight is 369 g/mol. The molecule has 1 aliphatic rings. The van der Waals surface area contributed by atoms with Crippen molar-refractivity contribution in [3.8, 4) is 0 Å². The molecule has 26 heavy (non-hydrogen) atoms. The fourth-order valence-corrected chi connectivity index (χ4v) is 3.50. The summed E-state index contributed by atoms with van der Waals surface area (Å²) in [5.41, 5.74) is 3.65. The highest BCUT2D eigenvalue weighted by Crippen LogP contribution is 2.15. The predicted molar refractivity (Wildman–Crippen MR) is 103 cm³/mol. The first-order valence-corrected chi connectivity index (χ1v) is 9.19. The number of halogens is 1. The van der Waals surface area contributed by atoms with Crippen LogP contribution in [0, 0.1) is 6.92 Å². The first-order chi connectivity index (χ1) is 12.6. The van der Waals surface area contributed by atoms with Gasteiger partial charge in [0.1, 0.15) is 11.3 Å². The van der Waals surface area contributed by atoms with Crippen molar-refractivity contribution in [1.29, 1.82) is 0 Å². The zero-order chi connectivity index (χ0) is 18.1. The molecule has 0 radical (unpaired) electrons. The van der Waals surface area contributed by atoms with Gasteiger partial charge in [-0.2, -0.15) is 0 Å². The number of aromatic nitrogens is 2. The molecule has 0 N–H and O–H groups in total. The van der Waals surface area contributed by atoms with E-state index < -0.39 is 0 Å². The third kappa shape index (κ3) is 3.45. The van der Waals surface area contributed by atoms with E-state index in [2.05, 4.69) is 22.0 Å². The van der Waals surface area contributed by atoms with Crippen LogP contribution < -0.4 is 0 Å². The number of benzene rings is 1. The van der Waals surface area contributed by atoms with E-state index in [0.717, 1.165) is 49.1 Å². The lowest BCUT2D eigenvalue weighted by molar-refractivity contribution is 0.0623. The van der Waals surface area contributed by atoms with Crippen LogP contribution in [0.4, 0.5) is 0 Å². The molecule has 1 aliphatic heterocycles. The van der Waals surface area contributed by atoms with Gasteiger partial charge in [-0.1, -0.05) is 29.8 Å². The number of carbonyl (C=O) groups is 1. The Kier molecular flexibility index (Phi) is 4.66. The highest BCUT2D eigenvalue weighted by Gasteiger charge is 2.24. The van der Waals surface area contributed by atoms with Gasteiger partial charge in [-0.25, -0.2) is 4.98 Å².